The van der Waals surface area contributed by atoms with Gasteiger partial charge in [0, 0.05) is 25.8 Å². The number of nitrogens with zero attached hydrogens (tertiary/aromatic N) is 4. The highest BCUT2D eigenvalue weighted by atomic mass is 16.2. The number of hydrogen-bond donors (Lipinski definition) is 0. The number of amides is 1. The average molecular weight is 282 g/mol. The lowest BCUT2D eigenvalue weighted by molar-refractivity contribution is 0.0981. The molecule has 2 aromatic rings. The van der Waals surface area contributed by atoms with Crippen molar-refractivity contribution in [2.75, 3.05) is 29.4 Å². The second kappa shape index (κ2) is 5.52. The highest BCUT2D eigenvalue weighted by molar-refractivity contribution is 6.07. The van der Waals surface area contributed by atoms with E-state index in [0.717, 1.165) is 30.2 Å². The molecule has 1 aromatic carbocycles. The van der Waals surface area contributed by atoms with Gasteiger partial charge in [-0.2, -0.15) is 0 Å². The predicted molar refractivity (Wildman–Crippen MR) is 82.8 cm³/mol. The molecule has 0 bridgehead atoms. The summed E-state index contributed by atoms with van der Waals surface area (Å²) in [6.07, 6.45) is 3.17. The number of benzene rings is 1. The van der Waals surface area contributed by atoms with Crippen LogP contribution in [0.15, 0.2) is 36.7 Å². The van der Waals surface area contributed by atoms with E-state index in [1.807, 2.05) is 25.1 Å². The van der Waals surface area contributed by atoms with Gasteiger partial charge in [-0.05, 0) is 26.0 Å². The quantitative estimate of drug-likeness (QED) is 0.848. The topological polar surface area (TPSA) is 49.3 Å². The molecular formula is C16H18N4O. The first-order valence-corrected chi connectivity index (χ1v) is 7.15. The lowest BCUT2D eigenvalue weighted by atomic mass is 10.1. The van der Waals surface area contributed by atoms with Crippen molar-refractivity contribution >= 4 is 17.3 Å². The van der Waals surface area contributed by atoms with Gasteiger partial charge in [0.2, 0.25) is 0 Å². The molecule has 0 saturated carbocycles. The summed E-state index contributed by atoms with van der Waals surface area (Å²) in [5.74, 6) is -0.0919. The minimum absolute atomic E-state index is 0.0919. The molecule has 2 heterocycles. The Kier molecular flexibility index (Phi) is 3.56. The van der Waals surface area contributed by atoms with Crippen molar-refractivity contribution < 1.29 is 4.79 Å². The number of carbonyl (C=O) groups excluding carboxylic acids is 1. The van der Waals surface area contributed by atoms with Crippen LogP contribution in [0.25, 0.3) is 0 Å². The molecule has 0 aliphatic carbocycles. The van der Waals surface area contributed by atoms with Crippen molar-refractivity contribution in [1.82, 2.24) is 9.97 Å². The summed E-state index contributed by atoms with van der Waals surface area (Å²) in [6.45, 7) is 6.41. The Bertz CT molecular complexity index is 654. The average Bonchev–Trinajstić information content (AvgIpc) is 2.54. The van der Waals surface area contributed by atoms with Crippen molar-refractivity contribution in [3.63, 3.8) is 0 Å². The number of likely N-dealkylation sites (N-methyl/N-ethyl adjacent to an activating group) is 1. The molecule has 1 aliphatic rings. The van der Waals surface area contributed by atoms with E-state index in [9.17, 15) is 4.79 Å². The summed E-state index contributed by atoms with van der Waals surface area (Å²) >= 11 is 0. The SMILES string of the molecule is CCN1CCN(C(=O)c2cnc(C)cn2)c2ccccc21. The Balaban J connectivity index is 1.96. The van der Waals surface area contributed by atoms with Crippen molar-refractivity contribution in [1.29, 1.82) is 0 Å². The predicted octanol–water partition coefficient (Wildman–Crippen LogP) is 2.27. The molecule has 5 heteroatoms. The van der Waals surface area contributed by atoms with Gasteiger partial charge in [-0.25, -0.2) is 4.98 Å². The van der Waals surface area contributed by atoms with E-state index in [0.29, 0.717) is 12.2 Å². The summed E-state index contributed by atoms with van der Waals surface area (Å²) in [4.78, 5) is 25.1. The Labute approximate surface area is 124 Å². The minimum atomic E-state index is -0.0919. The van der Waals surface area contributed by atoms with Gasteiger partial charge in [0.1, 0.15) is 5.69 Å². The van der Waals surface area contributed by atoms with Gasteiger partial charge in [-0.15, -0.1) is 0 Å². The normalized spacial score (nSPS) is 14.0. The van der Waals surface area contributed by atoms with E-state index in [2.05, 4.69) is 27.9 Å². The first-order valence-electron chi connectivity index (χ1n) is 7.15. The monoisotopic (exact) mass is 282 g/mol. The highest BCUT2D eigenvalue weighted by Crippen LogP contribution is 2.33. The van der Waals surface area contributed by atoms with Crippen LogP contribution in [0.1, 0.15) is 23.1 Å². The van der Waals surface area contributed by atoms with Gasteiger partial charge in [-0.1, -0.05) is 12.1 Å². The van der Waals surface area contributed by atoms with Crippen LogP contribution in [0.3, 0.4) is 0 Å². The molecule has 0 radical (unpaired) electrons. The molecule has 0 atom stereocenters. The fourth-order valence-electron chi connectivity index (χ4n) is 2.60. The van der Waals surface area contributed by atoms with Crippen LogP contribution < -0.4 is 9.80 Å². The number of anilines is 2. The van der Waals surface area contributed by atoms with Gasteiger partial charge in [-0.3, -0.25) is 9.78 Å². The largest absolute Gasteiger partial charge is 0.368 e. The molecule has 21 heavy (non-hydrogen) atoms. The number of aryl methyl sites for hydroxylation is 1. The fraction of sp³-hybridized carbons (Fsp3) is 0.312. The third kappa shape index (κ3) is 2.46. The van der Waals surface area contributed by atoms with Crippen molar-refractivity contribution in [3.8, 4) is 0 Å². The second-order valence-corrected chi connectivity index (χ2v) is 5.07. The maximum Gasteiger partial charge on any atom is 0.278 e. The lowest BCUT2D eigenvalue weighted by Gasteiger charge is -2.37. The lowest BCUT2D eigenvalue weighted by Crippen LogP contribution is -2.44. The molecule has 0 fully saturated rings. The standard InChI is InChI=1S/C16H18N4O/c1-3-19-8-9-20(15-7-5-4-6-14(15)19)16(21)13-11-17-12(2)10-18-13/h4-7,10-11H,3,8-9H2,1-2H3. The van der Waals surface area contributed by atoms with Gasteiger partial charge < -0.3 is 9.80 Å². The number of fused-ring (bicyclic) bond motifs is 1. The molecule has 0 spiro atoms. The molecule has 0 saturated heterocycles. The summed E-state index contributed by atoms with van der Waals surface area (Å²) in [7, 11) is 0. The second-order valence-electron chi connectivity index (χ2n) is 5.07. The molecule has 1 amide bonds. The van der Waals surface area contributed by atoms with Crippen LogP contribution in [-0.4, -0.2) is 35.5 Å². The summed E-state index contributed by atoms with van der Waals surface area (Å²) in [5.41, 5.74) is 3.24. The van der Waals surface area contributed by atoms with E-state index in [4.69, 9.17) is 0 Å². The van der Waals surface area contributed by atoms with Crippen LogP contribution in [0.4, 0.5) is 11.4 Å². The van der Waals surface area contributed by atoms with Crippen LogP contribution in [-0.2, 0) is 0 Å². The zero-order chi connectivity index (χ0) is 14.8. The maximum atomic E-state index is 12.7. The third-order valence-corrected chi connectivity index (χ3v) is 3.73. The number of rotatable bonds is 2. The zero-order valence-corrected chi connectivity index (χ0v) is 12.3. The van der Waals surface area contributed by atoms with E-state index in [1.165, 1.54) is 0 Å². The summed E-state index contributed by atoms with van der Waals surface area (Å²) in [6, 6.07) is 8.00. The smallest absolute Gasteiger partial charge is 0.278 e. The van der Waals surface area contributed by atoms with Crippen LogP contribution in [0, 0.1) is 6.92 Å². The van der Waals surface area contributed by atoms with Gasteiger partial charge in [0.15, 0.2) is 0 Å². The van der Waals surface area contributed by atoms with Gasteiger partial charge >= 0.3 is 0 Å². The molecule has 1 aromatic heterocycles. The number of hydrogen-bond acceptors (Lipinski definition) is 4. The van der Waals surface area contributed by atoms with Crippen molar-refractivity contribution in [2.45, 2.75) is 13.8 Å². The van der Waals surface area contributed by atoms with E-state index in [-0.39, 0.29) is 5.91 Å². The van der Waals surface area contributed by atoms with Gasteiger partial charge in [0.05, 0.1) is 23.3 Å². The Morgan fingerprint density at radius 3 is 2.57 bits per heavy atom. The van der Waals surface area contributed by atoms with E-state index < -0.39 is 0 Å². The summed E-state index contributed by atoms with van der Waals surface area (Å²) < 4.78 is 0. The van der Waals surface area contributed by atoms with Crippen LogP contribution >= 0.6 is 0 Å². The molecule has 0 unspecified atom stereocenters. The Hall–Kier alpha value is -2.43. The van der Waals surface area contributed by atoms with Crippen molar-refractivity contribution in [2.24, 2.45) is 0 Å². The Morgan fingerprint density at radius 2 is 1.90 bits per heavy atom. The molecule has 3 rings (SSSR count). The first kappa shape index (κ1) is 13.5. The maximum absolute atomic E-state index is 12.7. The zero-order valence-electron chi connectivity index (χ0n) is 12.3. The van der Waals surface area contributed by atoms with E-state index >= 15 is 0 Å². The van der Waals surface area contributed by atoms with E-state index in [1.54, 1.807) is 17.3 Å². The van der Waals surface area contributed by atoms with Crippen LogP contribution in [0.2, 0.25) is 0 Å². The highest BCUT2D eigenvalue weighted by Gasteiger charge is 2.27. The Morgan fingerprint density at radius 1 is 1.14 bits per heavy atom. The molecule has 1 aliphatic heterocycles. The third-order valence-electron chi connectivity index (χ3n) is 3.73. The number of carbonyl (C=O) groups is 1. The minimum Gasteiger partial charge on any atom is -0.368 e. The molecule has 0 N–H and O–H groups in total. The number of para-hydroxylation sites is 2. The van der Waals surface area contributed by atoms with Crippen molar-refractivity contribution in [3.05, 3.63) is 48.0 Å². The molecular weight excluding hydrogens is 264 g/mol. The number of aromatic nitrogens is 2. The first-order chi connectivity index (χ1) is 10.2. The molecule has 108 valence electrons. The molecule has 5 nitrogen and oxygen atoms in total. The summed E-state index contributed by atoms with van der Waals surface area (Å²) in [5, 5.41) is 0. The van der Waals surface area contributed by atoms with Gasteiger partial charge in [0.25, 0.3) is 5.91 Å². The fourth-order valence-corrected chi connectivity index (χ4v) is 2.60. The van der Waals surface area contributed by atoms with Crippen LogP contribution in [0.5, 0.6) is 0 Å².